The standard InChI is InChI=1S/C17H27NO6/c1-2-15-3-5-16(6-4-15)13-18-17(20)24-12-11-22-8-7-21-9-10-23-14-19/h3-6,19H,2,7-14H2,1H3,(H,18,20). The molecule has 0 spiro atoms. The van der Waals surface area contributed by atoms with Gasteiger partial charge < -0.3 is 29.4 Å². The summed E-state index contributed by atoms with van der Waals surface area (Å²) in [6, 6.07) is 8.09. The van der Waals surface area contributed by atoms with E-state index in [2.05, 4.69) is 12.2 Å². The van der Waals surface area contributed by atoms with Gasteiger partial charge in [-0.05, 0) is 17.5 Å². The fourth-order valence-corrected chi connectivity index (χ4v) is 1.82. The van der Waals surface area contributed by atoms with E-state index in [-0.39, 0.29) is 13.4 Å². The van der Waals surface area contributed by atoms with E-state index in [0.29, 0.717) is 39.6 Å². The van der Waals surface area contributed by atoms with Gasteiger partial charge in [-0.1, -0.05) is 31.2 Å². The van der Waals surface area contributed by atoms with E-state index in [1.165, 1.54) is 5.56 Å². The van der Waals surface area contributed by atoms with Crippen molar-refractivity contribution in [1.29, 1.82) is 0 Å². The summed E-state index contributed by atoms with van der Waals surface area (Å²) in [5.41, 5.74) is 2.30. The SMILES string of the molecule is CCc1ccc(CNC(=O)OCCOCCOCCOCO)cc1. The van der Waals surface area contributed by atoms with Gasteiger partial charge in [0.1, 0.15) is 13.4 Å². The molecule has 0 aliphatic rings. The predicted octanol–water partition coefficient (Wildman–Crippen LogP) is 1.47. The number of hydrogen-bond donors (Lipinski definition) is 2. The number of aliphatic hydroxyl groups excluding tert-OH is 1. The van der Waals surface area contributed by atoms with E-state index in [9.17, 15) is 4.79 Å². The number of amides is 1. The third-order valence-corrected chi connectivity index (χ3v) is 3.16. The van der Waals surface area contributed by atoms with Crippen LogP contribution >= 0.6 is 0 Å². The number of ether oxygens (including phenoxy) is 4. The maximum Gasteiger partial charge on any atom is 0.407 e. The summed E-state index contributed by atoms with van der Waals surface area (Å²) in [7, 11) is 0. The smallest absolute Gasteiger partial charge is 0.407 e. The molecule has 0 fully saturated rings. The number of benzene rings is 1. The summed E-state index contributed by atoms with van der Waals surface area (Å²) >= 11 is 0. The zero-order chi connectivity index (χ0) is 17.5. The van der Waals surface area contributed by atoms with Crippen LogP contribution in [0.1, 0.15) is 18.1 Å². The topological polar surface area (TPSA) is 86.3 Å². The van der Waals surface area contributed by atoms with Crippen LogP contribution in [0.4, 0.5) is 4.79 Å². The number of carbonyl (C=O) groups excluding carboxylic acids is 1. The molecule has 136 valence electrons. The summed E-state index contributed by atoms with van der Waals surface area (Å²) in [5.74, 6) is 0. The van der Waals surface area contributed by atoms with Crippen LogP contribution in [0.25, 0.3) is 0 Å². The molecule has 7 heteroatoms. The van der Waals surface area contributed by atoms with Gasteiger partial charge in [0, 0.05) is 6.54 Å². The highest BCUT2D eigenvalue weighted by Gasteiger charge is 2.02. The van der Waals surface area contributed by atoms with Crippen molar-refractivity contribution in [2.24, 2.45) is 0 Å². The fourth-order valence-electron chi connectivity index (χ4n) is 1.82. The first-order chi connectivity index (χ1) is 11.8. The van der Waals surface area contributed by atoms with Crippen molar-refractivity contribution < 1.29 is 28.8 Å². The highest BCUT2D eigenvalue weighted by molar-refractivity contribution is 5.67. The molecule has 7 nitrogen and oxygen atoms in total. The van der Waals surface area contributed by atoms with Crippen LogP contribution in [0.5, 0.6) is 0 Å². The summed E-state index contributed by atoms with van der Waals surface area (Å²) in [6.45, 7) is 4.33. The van der Waals surface area contributed by atoms with E-state index in [4.69, 9.17) is 24.1 Å². The van der Waals surface area contributed by atoms with Crippen molar-refractivity contribution in [3.05, 3.63) is 35.4 Å². The fraction of sp³-hybridized carbons (Fsp3) is 0.588. The predicted molar refractivity (Wildman–Crippen MR) is 88.7 cm³/mol. The van der Waals surface area contributed by atoms with Gasteiger partial charge in [-0.3, -0.25) is 0 Å². The van der Waals surface area contributed by atoms with Gasteiger partial charge >= 0.3 is 6.09 Å². The second-order valence-corrected chi connectivity index (χ2v) is 4.92. The van der Waals surface area contributed by atoms with Crippen LogP contribution in [0.2, 0.25) is 0 Å². The first-order valence-electron chi connectivity index (χ1n) is 8.08. The van der Waals surface area contributed by atoms with E-state index in [1.54, 1.807) is 0 Å². The molecule has 0 aromatic heterocycles. The van der Waals surface area contributed by atoms with Crippen LogP contribution < -0.4 is 5.32 Å². The Morgan fingerprint density at radius 1 is 0.917 bits per heavy atom. The lowest BCUT2D eigenvalue weighted by atomic mass is 10.1. The van der Waals surface area contributed by atoms with Gasteiger partial charge in [0.25, 0.3) is 0 Å². The minimum atomic E-state index is -0.462. The van der Waals surface area contributed by atoms with E-state index in [1.807, 2.05) is 24.3 Å². The third-order valence-electron chi connectivity index (χ3n) is 3.16. The molecule has 0 aliphatic carbocycles. The normalized spacial score (nSPS) is 10.6. The molecule has 0 atom stereocenters. The van der Waals surface area contributed by atoms with Gasteiger partial charge in [0.2, 0.25) is 0 Å². The Balaban J connectivity index is 1.94. The first kappa shape index (κ1) is 20.4. The van der Waals surface area contributed by atoms with Crippen molar-refractivity contribution in [3.8, 4) is 0 Å². The van der Waals surface area contributed by atoms with Crippen molar-refractivity contribution >= 4 is 6.09 Å². The van der Waals surface area contributed by atoms with E-state index < -0.39 is 6.09 Å². The number of rotatable bonds is 13. The van der Waals surface area contributed by atoms with Crippen molar-refractivity contribution in [2.75, 3.05) is 46.4 Å². The molecule has 24 heavy (non-hydrogen) atoms. The van der Waals surface area contributed by atoms with Crippen LogP contribution in [0, 0.1) is 0 Å². The molecule has 1 aromatic rings. The Kier molecular flexibility index (Phi) is 11.7. The van der Waals surface area contributed by atoms with E-state index >= 15 is 0 Å². The number of alkyl carbamates (subject to hydrolysis) is 1. The van der Waals surface area contributed by atoms with Crippen molar-refractivity contribution in [3.63, 3.8) is 0 Å². The van der Waals surface area contributed by atoms with Crippen molar-refractivity contribution in [1.82, 2.24) is 5.32 Å². The highest BCUT2D eigenvalue weighted by Crippen LogP contribution is 2.04. The largest absolute Gasteiger partial charge is 0.447 e. The third kappa shape index (κ3) is 10.2. The lowest BCUT2D eigenvalue weighted by molar-refractivity contribution is -0.0382. The molecule has 2 N–H and O–H groups in total. The van der Waals surface area contributed by atoms with Gasteiger partial charge in [0.05, 0.1) is 33.0 Å². The summed E-state index contributed by atoms with van der Waals surface area (Å²) in [4.78, 5) is 11.5. The number of nitrogens with one attached hydrogen (secondary N) is 1. The van der Waals surface area contributed by atoms with Crippen molar-refractivity contribution in [2.45, 2.75) is 19.9 Å². The maximum absolute atomic E-state index is 11.5. The van der Waals surface area contributed by atoms with Crippen LogP contribution in [0.3, 0.4) is 0 Å². The number of carbonyl (C=O) groups is 1. The Hall–Kier alpha value is -1.67. The van der Waals surface area contributed by atoms with Gasteiger partial charge in [-0.25, -0.2) is 4.79 Å². The summed E-state index contributed by atoms with van der Waals surface area (Å²) in [6.07, 6.45) is 0.535. The molecule has 0 aliphatic heterocycles. The Bertz CT molecular complexity index is 437. The molecule has 0 radical (unpaired) electrons. The van der Waals surface area contributed by atoms with Crippen LogP contribution in [0.15, 0.2) is 24.3 Å². The Morgan fingerprint density at radius 3 is 2.04 bits per heavy atom. The second-order valence-electron chi connectivity index (χ2n) is 4.92. The Morgan fingerprint density at radius 2 is 1.46 bits per heavy atom. The van der Waals surface area contributed by atoms with Gasteiger partial charge in [0.15, 0.2) is 0 Å². The summed E-state index contributed by atoms with van der Waals surface area (Å²) in [5, 5.41) is 11.1. The zero-order valence-corrected chi connectivity index (χ0v) is 14.2. The minimum absolute atomic E-state index is 0.189. The lowest BCUT2D eigenvalue weighted by Crippen LogP contribution is -2.25. The summed E-state index contributed by atoms with van der Waals surface area (Å²) < 4.78 is 20.1. The average Bonchev–Trinajstić information content (AvgIpc) is 2.62. The molecule has 1 aromatic carbocycles. The Labute approximate surface area is 142 Å². The molecule has 0 bridgehead atoms. The molecule has 0 saturated heterocycles. The van der Waals surface area contributed by atoms with Crippen LogP contribution in [-0.4, -0.2) is 57.6 Å². The van der Waals surface area contributed by atoms with E-state index in [0.717, 1.165) is 12.0 Å². The molecule has 1 amide bonds. The molecular weight excluding hydrogens is 314 g/mol. The van der Waals surface area contributed by atoms with Gasteiger partial charge in [-0.15, -0.1) is 0 Å². The minimum Gasteiger partial charge on any atom is -0.447 e. The molecule has 0 unspecified atom stereocenters. The maximum atomic E-state index is 11.5. The number of aryl methyl sites for hydroxylation is 1. The molecule has 0 saturated carbocycles. The monoisotopic (exact) mass is 341 g/mol. The number of aliphatic hydroxyl groups is 1. The second kappa shape index (κ2) is 13.7. The molecular formula is C17H27NO6. The van der Waals surface area contributed by atoms with Crippen LogP contribution in [-0.2, 0) is 31.9 Å². The highest BCUT2D eigenvalue weighted by atomic mass is 16.6. The number of hydrogen-bond acceptors (Lipinski definition) is 6. The molecule has 0 heterocycles. The molecule has 1 rings (SSSR count). The quantitative estimate of drug-likeness (QED) is 0.417. The lowest BCUT2D eigenvalue weighted by Gasteiger charge is -2.08. The first-order valence-corrected chi connectivity index (χ1v) is 8.08. The average molecular weight is 341 g/mol. The van der Waals surface area contributed by atoms with Gasteiger partial charge in [-0.2, -0.15) is 0 Å². The zero-order valence-electron chi connectivity index (χ0n) is 14.2.